The highest BCUT2D eigenvalue weighted by Crippen LogP contribution is 2.33. The first-order chi connectivity index (χ1) is 12.7. The van der Waals surface area contributed by atoms with Crippen LogP contribution in [0.25, 0.3) is 0 Å². The minimum atomic E-state index is 0.00866. The van der Waals surface area contributed by atoms with Crippen LogP contribution in [0, 0.1) is 0 Å². The van der Waals surface area contributed by atoms with E-state index in [2.05, 4.69) is 29.8 Å². The van der Waals surface area contributed by atoms with E-state index in [0.29, 0.717) is 11.7 Å². The van der Waals surface area contributed by atoms with Gasteiger partial charge in [-0.25, -0.2) is 0 Å². The van der Waals surface area contributed by atoms with Crippen molar-refractivity contribution in [3.05, 3.63) is 53.9 Å². The largest absolute Gasteiger partial charge is 0.368 e. The maximum absolute atomic E-state index is 13.3. The lowest BCUT2D eigenvalue weighted by Crippen LogP contribution is -2.39. The van der Waals surface area contributed by atoms with Crippen molar-refractivity contribution in [3.8, 4) is 0 Å². The van der Waals surface area contributed by atoms with Crippen molar-refractivity contribution in [1.29, 1.82) is 0 Å². The molecule has 4 nitrogen and oxygen atoms in total. The van der Waals surface area contributed by atoms with Crippen LogP contribution in [0.4, 0.5) is 11.4 Å². The van der Waals surface area contributed by atoms with Gasteiger partial charge in [-0.2, -0.15) is 0 Å². The maximum Gasteiger partial charge on any atom is 0.277 e. The summed E-state index contributed by atoms with van der Waals surface area (Å²) in [6, 6.07) is 13.0. The number of amides is 1. The van der Waals surface area contributed by atoms with Gasteiger partial charge in [-0.05, 0) is 62.8 Å². The van der Waals surface area contributed by atoms with Gasteiger partial charge in [0.2, 0.25) is 0 Å². The number of pyridine rings is 1. The Morgan fingerprint density at radius 1 is 1.23 bits per heavy atom. The molecule has 2 aromatic rings. The lowest BCUT2D eigenvalue weighted by atomic mass is 9.99. The first-order valence-corrected chi connectivity index (χ1v) is 9.83. The van der Waals surface area contributed by atoms with Gasteiger partial charge in [-0.15, -0.1) is 0 Å². The fourth-order valence-electron chi connectivity index (χ4n) is 4.48. The number of hydrogen-bond acceptors (Lipinski definition) is 3. The van der Waals surface area contributed by atoms with E-state index in [1.54, 1.807) is 6.20 Å². The topological polar surface area (TPSA) is 36.4 Å². The van der Waals surface area contributed by atoms with E-state index < -0.39 is 0 Å². The number of benzene rings is 1. The number of piperidine rings is 1. The minimum Gasteiger partial charge on any atom is -0.368 e. The highest BCUT2D eigenvalue weighted by molar-refractivity contribution is 6.07. The van der Waals surface area contributed by atoms with E-state index in [1.807, 2.05) is 35.2 Å². The molecule has 0 N–H and O–H groups in total. The number of fused-ring (bicyclic) bond motifs is 1. The normalized spacial score (nSPS) is 22.4. The summed E-state index contributed by atoms with van der Waals surface area (Å²) in [5, 5.41) is 0. The van der Waals surface area contributed by atoms with E-state index in [9.17, 15) is 4.79 Å². The highest BCUT2D eigenvalue weighted by Gasteiger charge is 2.32. The molecule has 136 valence electrons. The molecule has 0 aliphatic carbocycles. The van der Waals surface area contributed by atoms with Gasteiger partial charge in [0.15, 0.2) is 0 Å². The Labute approximate surface area is 155 Å². The summed E-state index contributed by atoms with van der Waals surface area (Å²) >= 11 is 0. The van der Waals surface area contributed by atoms with E-state index >= 15 is 0 Å². The molecule has 0 radical (unpaired) electrons. The highest BCUT2D eigenvalue weighted by atomic mass is 16.2. The van der Waals surface area contributed by atoms with Crippen LogP contribution in [0.15, 0.2) is 42.6 Å². The standard InChI is InChI=1S/C22H27N3O/c1-3-18-9-6-7-13-24(18)19-11-12-23-20(15-19)22(26)25-16(2)14-17-8-4-5-10-21(17)25/h4-5,8,10-12,15-16,18H,3,6-7,9,13-14H2,1-2H3. The Morgan fingerprint density at radius 2 is 2.08 bits per heavy atom. The summed E-state index contributed by atoms with van der Waals surface area (Å²) in [6.07, 6.45) is 7.59. The van der Waals surface area contributed by atoms with Crippen LogP contribution in [0.5, 0.6) is 0 Å². The van der Waals surface area contributed by atoms with Crippen LogP contribution in [-0.4, -0.2) is 29.5 Å². The zero-order valence-corrected chi connectivity index (χ0v) is 15.7. The van der Waals surface area contributed by atoms with E-state index in [4.69, 9.17) is 0 Å². The lowest BCUT2D eigenvalue weighted by Gasteiger charge is -2.37. The second kappa shape index (κ2) is 7.10. The molecule has 1 fully saturated rings. The summed E-state index contributed by atoms with van der Waals surface area (Å²) in [6.45, 7) is 5.43. The fourth-order valence-corrected chi connectivity index (χ4v) is 4.48. The molecule has 2 aliphatic heterocycles. The van der Waals surface area contributed by atoms with Crippen LogP contribution in [0.3, 0.4) is 0 Å². The third kappa shape index (κ3) is 2.98. The van der Waals surface area contributed by atoms with Crippen molar-refractivity contribution >= 4 is 17.3 Å². The summed E-state index contributed by atoms with van der Waals surface area (Å²) in [4.78, 5) is 22.0. The SMILES string of the molecule is CCC1CCCCN1c1ccnc(C(=O)N2c3ccccc3CC2C)c1. The number of carbonyl (C=O) groups is 1. The van der Waals surface area contributed by atoms with E-state index in [1.165, 1.54) is 24.8 Å². The van der Waals surface area contributed by atoms with Gasteiger partial charge in [-0.1, -0.05) is 25.1 Å². The third-order valence-electron chi connectivity index (χ3n) is 5.82. The average molecular weight is 349 g/mol. The van der Waals surface area contributed by atoms with Crippen molar-refractivity contribution in [2.24, 2.45) is 0 Å². The van der Waals surface area contributed by atoms with Gasteiger partial charge < -0.3 is 9.80 Å². The van der Waals surface area contributed by atoms with Gasteiger partial charge >= 0.3 is 0 Å². The molecule has 0 saturated carbocycles. The molecule has 1 saturated heterocycles. The number of hydrogen-bond donors (Lipinski definition) is 0. The van der Waals surface area contributed by atoms with Crippen LogP contribution < -0.4 is 9.80 Å². The predicted molar refractivity (Wildman–Crippen MR) is 106 cm³/mol. The van der Waals surface area contributed by atoms with Crippen molar-refractivity contribution in [2.45, 2.75) is 58.0 Å². The number of aromatic nitrogens is 1. The Bertz CT molecular complexity index is 803. The van der Waals surface area contributed by atoms with Gasteiger partial charge in [0, 0.05) is 36.2 Å². The van der Waals surface area contributed by atoms with Gasteiger partial charge in [0.25, 0.3) is 5.91 Å². The molecule has 0 spiro atoms. The summed E-state index contributed by atoms with van der Waals surface area (Å²) in [7, 11) is 0. The summed E-state index contributed by atoms with van der Waals surface area (Å²) in [5.41, 5.74) is 3.95. The van der Waals surface area contributed by atoms with Crippen LogP contribution in [0.1, 0.15) is 55.6 Å². The number of para-hydroxylation sites is 1. The molecule has 2 unspecified atom stereocenters. The number of anilines is 2. The first-order valence-electron chi connectivity index (χ1n) is 9.83. The average Bonchev–Trinajstić information content (AvgIpc) is 3.03. The Morgan fingerprint density at radius 3 is 2.92 bits per heavy atom. The van der Waals surface area contributed by atoms with Crippen molar-refractivity contribution < 1.29 is 4.79 Å². The fraction of sp³-hybridized carbons (Fsp3) is 0.455. The molecule has 26 heavy (non-hydrogen) atoms. The summed E-state index contributed by atoms with van der Waals surface area (Å²) in [5.74, 6) is 0.00866. The molecule has 3 heterocycles. The van der Waals surface area contributed by atoms with Crippen molar-refractivity contribution in [2.75, 3.05) is 16.3 Å². The van der Waals surface area contributed by atoms with Crippen LogP contribution in [0.2, 0.25) is 0 Å². The van der Waals surface area contributed by atoms with E-state index in [0.717, 1.165) is 30.8 Å². The van der Waals surface area contributed by atoms with Gasteiger partial charge in [-0.3, -0.25) is 9.78 Å². The molecule has 4 heteroatoms. The van der Waals surface area contributed by atoms with Gasteiger partial charge in [0.05, 0.1) is 0 Å². The second-order valence-electron chi connectivity index (χ2n) is 7.51. The van der Waals surface area contributed by atoms with Crippen molar-refractivity contribution in [3.63, 3.8) is 0 Å². The Balaban J connectivity index is 1.63. The Hall–Kier alpha value is -2.36. The predicted octanol–water partition coefficient (Wildman–Crippen LogP) is 4.44. The lowest BCUT2D eigenvalue weighted by molar-refractivity contribution is 0.0976. The number of rotatable bonds is 3. The third-order valence-corrected chi connectivity index (χ3v) is 5.82. The molecule has 4 rings (SSSR count). The number of nitrogens with zero attached hydrogens (tertiary/aromatic N) is 3. The zero-order chi connectivity index (χ0) is 18.1. The molecular formula is C22H27N3O. The van der Waals surface area contributed by atoms with Crippen molar-refractivity contribution in [1.82, 2.24) is 4.98 Å². The molecule has 0 bridgehead atoms. The maximum atomic E-state index is 13.3. The number of carbonyl (C=O) groups excluding carboxylic acids is 1. The molecule has 1 aromatic heterocycles. The Kier molecular flexibility index (Phi) is 4.66. The van der Waals surface area contributed by atoms with E-state index in [-0.39, 0.29) is 11.9 Å². The molecule has 1 aromatic carbocycles. The smallest absolute Gasteiger partial charge is 0.277 e. The minimum absolute atomic E-state index is 0.00866. The van der Waals surface area contributed by atoms with Gasteiger partial charge in [0.1, 0.15) is 5.69 Å². The first kappa shape index (κ1) is 17.1. The van der Waals surface area contributed by atoms with Crippen LogP contribution in [-0.2, 0) is 6.42 Å². The quantitative estimate of drug-likeness (QED) is 0.822. The monoisotopic (exact) mass is 349 g/mol. The molecule has 2 atom stereocenters. The molecule has 1 amide bonds. The molecular weight excluding hydrogens is 322 g/mol. The van der Waals surface area contributed by atoms with Crippen LogP contribution >= 0.6 is 0 Å². The summed E-state index contributed by atoms with van der Waals surface area (Å²) < 4.78 is 0. The molecule has 2 aliphatic rings. The zero-order valence-electron chi connectivity index (χ0n) is 15.7. The second-order valence-corrected chi connectivity index (χ2v) is 7.51.